The number of aromatic nitrogens is 1. The lowest BCUT2D eigenvalue weighted by atomic mass is 10.2. The van der Waals surface area contributed by atoms with Gasteiger partial charge in [-0.3, -0.25) is 0 Å². The molecule has 1 N–H and O–H groups in total. The van der Waals surface area contributed by atoms with E-state index < -0.39 is 0 Å². The number of rotatable bonds is 5. The van der Waals surface area contributed by atoms with Crippen LogP contribution in [0.15, 0.2) is 36.5 Å². The topological polar surface area (TPSA) is 54.5 Å². The van der Waals surface area contributed by atoms with Gasteiger partial charge in [-0.15, -0.1) is 0 Å². The predicted molar refractivity (Wildman–Crippen MR) is 91.0 cm³/mol. The van der Waals surface area contributed by atoms with E-state index in [-0.39, 0.29) is 6.03 Å². The van der Waals surface area contributed by atoms with Crippen molar-refractivity contribution in [2.75, 3.05) is 14.2 Å². The molecule has 2 aromatic rings. The number of pyridine rings is 1. The van der Waals surface area contributed by atoms with Crippen molar-refractivity contribution in [3.8, 4) is 5.88 Å². The van der Waals surface area contributed by atoms with Crippen molar-refractivity contribution in [1.82, 2.24) is 15.2 Å². The highest BCUT2D eigenvalue weighted by molar-refractivity contribution is 6.35. The number of ether oxygens (including phenoxy) is 1. The van der Waals surface area contributed by atoms with E-state index in [1.54, 1.807) is 43.5 Å². The highest BCUT2D eigenvalue weighted by Gasteiger charge is 2.11. The van der Waals surface area contributed by atoms with E-state index in [0.29, 0.717) is 29.0 Å². The van der Waals surface area contributed by atoms with Gasteiger partial charge in [0.25, 0.3) is 0 Å². The standard InChI is InChI=1S/C16H17Cl2N3O2/c1-21(10-12-3-4-13(17)8-14(12)18)16(22)20-9-11-5-6-19-15(7-11)23-2/h3-8H,9-10H2,1-2H3,(H,20,22). The molecular formula is C16H17Cl2N3O2. The van der Waals surface area contributed by atoms with Crippen LogP contribution in [0, 0.1) is 0 Å². The molecule has 0 spiro atoms. The van der Waals surface area contributed by atoms with Gasteiger partial charge < -0.3 is 15.0 Å². The molecule has 2 amide bonds. The number of hydrogen-bond donors (Lipinski definition) is 1. The van der Waals surface area contributed by atoms with Crippen LogP contribution in [0.25, 0.3) is 0 Å². The Kier molecular flexibility index (Phi) is 6.07. The van der Waals surface area contributed by atoms with Gasteiger partial charge in [-0.1, -0.05) is 29.3 Å². The van der Waals surface area contributed by atoms with Gasteiger partial charge in [-0.05, 0) is 29.3 Å². The van der Waals surface area contributed by atoms with Gasteiger partial charge in [0, 0.05) is 42.4 Å². The summed E-state index contributed by atoms with van der Waals surface area (Å²) in [5.74, 6) is 0.512. The van der Waals surface area contributed by atoms with Crippen molar-refractivity contribution in [3.63, 3.8) is 0 Å². The van der Waals surface area contributed by atoms with Crippen molar-refractivity contribution in [3.05, 3.63) is 57.7 Å². The molecule has 0 unspecified atom stereocenters. The van der Waals surface area contributed by atoms with Crippen molar-refractivity contribution in [1.29, 1.82) is 0 Å². The maximum absolute atomic E-state index is 12.2. The summed E-state index contributed by atoms with van der Waals surface area (Å²) in [6.07, 6.45) is 1.64. The number of hydrogen-bond acceptors (Lipinski definition) is 3. The molecule has 23 heavy (non-hydrogen) atoms. The molecule has 7 heteroatoms. The van der Waals surface area contributed by atoms with Gasteiger partial charge in [-0.25, -0.2) is 9.78 Å². The smallest absolute Gasteiger partial charge is 0.317 e. The van der Waals surface area contributed by atoms with E-state index in [1.807, 2.05) is 12.1 Å². The SMILES string of the molecule is COc1cc(CNC(=O)N(C)Cc2ccc(Cl)cc2Cl)ccn1. The second-order valence-electron chi connectivity index (χ2n) is 4.96. The first-order valence-corrected chi connectivity index (χ1v) is 7.67. The number of urea groups is 1. The van der Waals surface area contributed by atoms with Crippen LogP contribution < -0.4 is 10.1 Å². The molecule has 0 radical (unpaired) electrons. The number of methoxy groups -OCH3 is 1. The minimum atomic E-state index is -0.202. The highest BCUT2D eigenvalue weighted by Crippen LogP contribution is 2.22. The van der Waals surface area contributed by atoms with Gasteiger partial charge in [-0.2, -0.15) is 0 Å². The maximum Gasteiger partial charge on any atom is 0.317 e. The molecule has 0 saturated carbocycles. The average Bonchev–Trinajstić information content (AvgIpc) is 2.55. The van der Waals surface area contributed by atoms with E-state index in [1.165, 1.54) is 0 Å². The Morgan fingerprint density at radius 3 is 2.78 bits per heavy atom. The van der Waals surface area contributed by atoms with Gasteiger partial charge in [0.2, 0.25) is 5.88 Å². The van der Waals surface area contributed by atoms with Crippen LogP contribution in [-0.4, -0.2) is 30.1 Å². The second-order valence-corrected chi connectivity index (χ2v) is 5.80. The normalized spacial score (nSPS) is 10.3. The minimum absolute atomic E-state index is 0.202. The Bertz CT molecular complexity index is 695. The molecule has 1 heterocycles. The Balaban J connectivity index is 1.92. The molecule has 0 saturated heterocycles. The molecule has 2 rings (SSSR count). The van der Waals surface area contributed by atoms with E-state index >= 15 is 0 Å². The minimum Gasteiger partial charge on any atom is -0.481 e. The zero-order valence-electron chi connectivity index (χ0n) is 12.8. The lowest BCUT2D eigenvalue weighted by molar-refractivity contribution is 0.206. The Hall–Kier alpha value is -1.98. The van der Waals surface area contributed by atoms with Crippen molar-refractivity contribution >= 4 is 29.2 Å². The lowest BCUT2D eigenvalue weighted by Crippen LogP contribution is -2.36. The molecular weight excluding hydrogens is 337 g/mol. The fourth-order valence-corrected chi connectivity index (χ4v) is 2.43. The molecule has 1 aromatic carbocycles. The molecule has 0 aliphatic heterocycles. The van der Waals surface area contributed by atoms with Crippen LogP contribution in [0.4, 0.5) is 4.79 Å². The first-order chi connectivity index (χ1) is 11.0. The lowest BCUT2D eigenvalue weighted by Gasteiger charge is -2.19. The average molecular weight is 354 g/mol. The first kappa shape index (κ1) is 17.4. The van der Waals surface area contributed by atoms with E-state index in [2.05, 4.69) is 10.3 Å². The summed E-state index contributed by atoms with van der Waals surface area (Å²) in [5.41, 5.74) is 1.74. The quantitative estimate of drug-likeness (QED) is 0.890. The summed E-state index contributed by atoms with van der Waals surface area (Å²) in [5, 5.41) is 3.94. The van der Waals surface area contributed by atoms with E-state index in [9.17, 15) is 4.79 Å². The molecule has 0 bridgehead atoms. The fourth-order valence-electron chi connectivity index (χ4n) is 1.96. The van der Waals surface area contributed by atoms with E-state index in [0.717, 1.165) is 11.1 Å². The number of benzene rings is 1. The molecule has 5 nitrogen and oxygen atoms in total. The van der Waals surface area contributed by atoms with Crippen LogP contribution in [0.5, 0.6) is 5.88 Å². The number of nitrogens with one attached hydrogen (secondary N) is 1. The fraction of sp³-hybridized carbons (Fsp3) is 0.250. The third kappa shape index (κ3) is 5.01. The maximum atomic E-state index is 12.2. The van der Waals surface area contributed by atoms with Gasteiger partial charge in [0.05, 0.1) is 7.11 Å². The molecule has 122 valence electrons. The zero-order chi connectivity index (χ0) is 16.8. The molecule has 0 atom stereocenters. The van der Waals surface area contributed by atoms with Crippen LogP contribution in [0.2, 0.25) is 10.0 Å². The number of carbonyl (C=O) groups is 1. The second kappa shape index (κ2) is 8.04. The summed E-state index contributed by atoms with van der Waals surface area (Å²) in [4.78, 5) is 17.7. The Morgan fingerprint density at radius 1 is 1.30 bits per heavy atom. The summed E-state index contributed by atoms with van der Waals surface area (Å²) in [6, 6.07) is 8.61. The van der Waals surface area contributed by atoms with Crippen LogP contribution >= 0.6 is 23.2 Å². The monoisotopic (exact) mass is 353 g/mol. The largest absolute Gasteiger partial charge is 0.481 e. The number of amides is 2. The van der Waals surface area contributed by atoms with Crippen LogP contribution in [0.1, 0.15) is 11.1 Å². The van der Waals surface area contributed by atoms with Crippen LogP contribution in [0.3, 0.4) is 0 Å². The molecule has 0 aliphatic rings. The van der Waals surface area contributed by atoms with Crippen molar-refractivity contribution < 1.29 is 9.53 Å². The first-order valence-electron chi connectivity index (χ1n) is 6.91. The third-order valence-electron chi connectivity index (χ3n) is 3.22. The molecule has 0 aliphatic carbocycles. The molecule has 1 aromatic heterocycles. The van der Waals surface area contributed by atoms with Gasteiger partial charge in [0.1, 0.15) is 0 Å². The number of carbonyl (C=O) groups excluding carboxylic acids is 1. The van der Waals surface area contributed by atoms with Gasteiger partial charge in [0.15, 0.2) is 0 Å². The third-order valence-corrected chi connectivity index (χ3v) is 3.81. The van der Waals surface area contributed by atoms with Crippen molar-refractivity contribution in [2.24, 2.45) is 0 Å². The number of nitrogens with zero attached hydrogens (tertiary/aromatic N) is 2. The summed E-state index contributed by atoms with van der Waals surface area (Å²) < 4.78 is 5.05. The van der Waals surface area contributed by atoms with Crippen LogP contribution in [-0.2, 0) is 13.1 Å². The predicted octanol–water partition coefficient (Wildman–Crippen LogP) is 3.74. The Morgan fingerprint density at radius 2 is 2.09 bits per heavy atom. The summed E-state index contributed by atoms with van der Waals surface area (Å²) >= 11 is 12.0. The van der Waals surface area contributed by atoms with E-state index in [4.69, 9.17) is 27.9 Å². The zero-order valence-corrected chi connectivity index (χ0v) is 14.4. The van der Waals surface area contributed by atoms with Gasteiger partial charge >= 0.3 is 6.03 Å². The van der Waals surface area contributed by atoms with Crippen molar-refractivity contribution in [2.45, 2.75) is 13.1 Å². The summed E-state index contributed by atoms with van der Waals surface area (Å²) in [7, 11) is 3.25. The number of halogens is 2. The summed E-state index contributed by atoms with van der Waals surface area (Å²) in [6.45, 7) is 0.776. The Labute approximate surface area is 145 Å². The molecule has 0 fully saturated rings. The highest BCUT2D eigenvalue weighted by atomic mass is 35.5.